The van der Waals surface area contributed by atoms with E-state index in [-0.39, 0.29) is 18.5 Å². The third-order valence-electron chi connectivity index (χ3n) is 5.95. The van der Waals surface area contributed by atoms with Crippen molar-refractivity contribution in [2.24, 2.45) is 5.92 Å². The number of benzene rings is 2. The van der Waals surface area contributed by atoms with Gasteiger partial charge in [-0.2, -0.15) is 4.98 Å². The van der Waals surface area contributed by atoms with Gasteiger partial charge in [0.2, 0.25) is 11.9 Å². The van der Waals surface area contributed by atoms with Gasteiger partial charge in [0.05, 0.1) is 13.3 Å². The smallest absolute Gasteiger partial charge is 0.267 e. The summed E-state index contributed by atoms with van der Waals surface area (Å²) in [5.74, 6) is 1.68. The van der Waals surface area contributed by atoms with Crippen molar-refractivity contribution in [3.8, 4) is 17.4 Å². The molecule has 1 saturated heterocycles. The molecule has 1 aromatic heterocycles. The summed E-state index contributed by atoms with van der Waals surface area (Å²) in [5.41, 5.74) is 2.65. The molecule has 0 saturated carbocycles. The maximum Gasteiger partial charge on any atom is 0.267 e. The second-order valence-electron chi connectivity index (χ2n) is 8.56. The molecule has 9 heteroatoms. The van der Waals surface area contributed by atoms with Gasteiger partial charge in [0.15, 0.2) is 5.75 Å². The molecule has 1 amide bonds. The molecule has 36 heavy (non-hydrogen) atoms. The quantitative estimate of drug-likeness (QED) is 0.366. The summed E-state index contributed by atoms with van der Waals surface area (Å²) in [6, 6.07) is 15.1. The Morgan fingerprint density at radius 3 is 2.83 bits per heavy atom. The zero-order valence-corrected chi connectivity index (χ0v) is 20.2. The molecule has 4 rings (SSSR count). The lowest BCUT2D eigenvalue weighted by Gasteiger charge is -2.14. The summed E-state index contributed by atoms with van der Waals surface area (Å²) < 4.78 is 23.9. The van der Waals surface area contributed by atoms with E-state index in [2.05, 4.69) is 44.2 Å². The molecule has 0 radical (unpaired) electrons. The molecule has 1 aliphatic rings. The number of methoxy groups -OCH3 is 1. The summed E-state index contributed by atoms with van der Waals surface area (Å²) in [5, 5.41) is 5.89. The van der Waals surface area contributed by atoms with E-state index >= 15 is 0 Å². The molecule has 0 unspecified atom stereocenters. The van der Waals surface area contributed by atoms with Crippen LogP contribution >= 0.6 is 0 Å². The van der Waals surface area contributed by atoms with E-state index in [0.29, 0.717) is 35.6 Å². The van der Waals surface area contributed by atoms with Gasteiger partial charge in [-0.3, -0.25) is 4.79 Å². The first-order valence-corrected chi connectivity index (χ1v) is 11.8. The van der Waals surface area contributed by atoms with Crippen molar-refractivity contribution in [3.05, 3.63) is 72.9 Å². The fraction of sp³-hybridized carbons (Fsp3) is 0.296. The summed E-state index contributed by atoms with van der Waals surface area (Å²) in [4.78, 5) is 22.5. The molecule has 2 aromatic carbocycles. The van der Waals surface area contributed by atoms with Crippen molar-refractivity contribution in [1.82, 2.24) is 14.9 Å². The van der Waals surface area contributed by atoms with E-state index < -0.39 is 0 Å². The first-order chi connectivity index (χ1) is 17.6. The Bertz CT molecular complexity index is 1190. The minimum absolute atomic E-state index is 0.234. The fourth-order valence-electron chi connectivity index (χ4n) is 4.16. The third kappa shape index (κ3) is 6.79. The second kappa shape index (κ2) is 12.1. The van der Waals surface area contributed by atoms with Crippen LogP contribution in [-0.2, 0) is 11.2 Å². The van der Waals surface area contributed by atoms with E-state index in [9.17, 15) is 9.18 Å². The Morgan fingerprint density at radius 2 is 2.08 bits per heavy atom. The van der Waals surface area contributed by atoms with Crippen LogP contribution in [0.3, 0.4) is 0 Å². The highest BCUT2D eigenvalue weighted by molar-refractivity contribution is 5.98. The van der Waals surface area contributed by atoms with E-state index in [1.165, 1.54) is 24.9 Å². The molecular formula is C27H30FN5O3. The maximum absolute atomic E-state index is 12.6. The van der Waals surface area contributed by atoms with Crippen LogP contribution in [0.4, 0.5) is 21.7 Å². The zero-order valence-electron chi connectivity index (χ0n) is 20.2. The fourth-order valence-corrected chi connectivity index (χ4v) is 4.16. The van der Waals surface area contributed by atoms with Crippen molar-refractivity contribution < 1.29 is 18.7 Å². The number of likely N-dealkylation sites (tertiary alicyclic amines) is 1. The van der Waals surface area contributed by atoms with Gasteiger partial charge in [-0.1, -0.05) is 24.8 Å². The van der Waals surface area contributed by atoms with Crippen molar-refractivity contribution in [1.29, 1.82) is 0 Å². The molecule has 1 atom stereocenters. The van der Waals surface area contributed by atoms with Crippen LogP contribution < -0.4 is 20.1 Å². The Kier molecular flexibility index (Phi) is 8.46. The van der Waals surface area contributed by atoms with Gasteiger partial charge in [0, 0.05) is 30.5 Å². The van der Waals surface area contributed by atoms with E-state index in [0.717, 1.165) is 31.6 Å². The number of carbonyl (C=O) groups is 1. The number of alkyl halides is 1. The van der Waals surface area contributed by atoms with Gasteiger partial charge in [0.1, 0.15) is 12.4 Å². The molecule has 188 valence electrons. The lowest BCUT2D eigenvalue weighted by molar-refractivity contribution is -0.111. The summed E-state index contributed by atoms with van der Waals surface area (Å²) in [6.07, 6.45) is 4.81. The van der Waals surface area contributed by atoms with Gasteiger partial charge < -0.3 is 25.0 Å². The van der Waals surface area contributed by atoms with E-state index in [1.54, 1.807) is 24.3 Å². The van der Waals surface area contributed by atoms with Crippen molar-refractivity contribution in [2.45, 2.75) is 12.8 Å². The average Bonchev–Trinajstić information content (AvgIpc) is 3.32. The van der Waals surface area contributed by atoms with E-state index in [1.807, 2.05) is 12.1 Å². The van der Waals surface area contributed by atoms with Crippen LogP contribution in [0, 0.1) is 5.92 Å². The van der Waals surface area contributed by atoms with Crippen LogP contribution in [0.5, 0.6) is 17.4 Å². The van der Waals surface area contributed by atoms with Crippen LogP contribution in [-0.4, -0.2) is 54.2 Å². The number of rotatable bonds is 11. The number of ether oxygens (including phenoxy) is 2. The Hall–Kier alpha value is -3.98. The largest absolute Gasteiger partial charge is 0.490 e. The predicted octanol–water partition coefficient (Wildman–Crippen LogP) is 4.98. The first kappa shape index (κ1) is 25.1. The highest BCUT2D eigenvalue weighted by atomic mass is 19.1. The van der Waals surface area contributed by atoms with Crippen LogP contribution in [0.2, 0.25) is 0 Å². The summed E-state index contributed by atoms with van der Waals surface area (Å²) >= 11 is 0. The molecule has 0 aliphatic carbocycles. The Balaban J connectivity index is 1.41. The number of halogens is 1. The zero-order chi connectivity index (χ0) is 25.3. The number of aromatic nitrogens is 2. The van der Waals surface area contributed by atoms with Gasteiger partial charge >= 0.3 is 0 Å². The summed E-state index contributed by atoms with van der Waals surface area (Å²) in [6.45, 7) is 5.63. The van der Waals surface area contributed by atoms with Gasteiger partial charge in [0.25, 0.3) is 5.88 Å². The number of anilines is 3. The van der Waals surface area contributed by atoms with Gasteiger partial charge in [-0.05, 0) is 61.2 Å². The third-order valence-corrected chi connectivity index (χ3v) is 5.95. The second-order valence-corrected chi connectivity index (χ2v) is 8.56. The Morgan fingerprint density at radius 1 is 1.25 bits per heavy atom. The standard InChI is InChI=1S/C27H30FN5O3/c1-3-25(34)30-22-5-4-6-23(16-22)36-26-24(35-2)17-29-27(32-26)31-21-9-7-19(8-10-21)15-20-11-13-33(18-20)14-12-28/h3-10,16-17,20H,1,11-15,18H2,2H3,(H,30,34)(H,29,31,32)/t20-/m0/s1. The molecule has 1 aliphatic heterocycles. The topological polar surface area (TPSA) is 88.6 Å². The Labute approximate surface area is 210 Å². The van der Waals surface area contributed by atoms with Crippen molar-refractivity contribution in [3.63, 3.8) is 0 Å². The summed E-state index contributed by atoms with van der Waals surface area (Å²) in [7, 11) is 1.51. The highest BCUT2D eigenvalue weighted by Gasteiger charge is 2.22. The van der Waals surface area contributed by atoms with Crippen molar-refractivity contribution in [2.75, 3.05) is 44.1 Å². The lowest BCUT2D eigenvalue weighted by atomic mass is 9.98. The van der Waals surface area contributed by atoms with Crippen molar-refractivity contribution >= 4 is 23.2 Å². The number of carbonyl (C=O) groups excluding carboxylic acids is 1. The number of amides is 1. The molecule has 0 spiro atoms. The molecular weight excluding hydrogens is 461 g/mol. The number of hydrogen-bond acceptors (Lipinski definition) is 7. The number of hydrogen-bond donors (Lipinski definition) is 2. The molecule has 3 aromatic rings. The van der Waals surface area contributed by atoms with Crippen LogP contribution in [0.15, 0.2) is 67.4 Å². The molecule has 2 N–H and O–H groups in total. The van der Waals surface area contributed by atoms with Crippen LogP contribution in [0.1, 0.15) is 12.0 Å². The molecule has 1 fully saturated rings. The average molecular weight is 492 g/mol. The molecule has 2 heterocycles. The number of nitrogens with one attached hydrogen (secondary N) is 2. The minimum atomic E-state index is -0.314. The maximum atomic E-state index is 12.6. The molecule has 8 nitrogen and oxygen atoms in total. The lowest BCUT2D eigenvalue weighted by Crippen LogP contribution is -2.23. The van der Waals surface area contributed by atoms with Crippen LogP contribution in [0.25, 0.3) is 0 Å². The highest BCUT2D eigenvalue weighted by Crippen LogP contribution is 2.31. The van der Waals surface area contributed by atoms with Gasteiger partial charge in [-0.25, -0.2) is 9.37 Å². The number of nitrogens with zero attached hydrogens (tertiary/aromatic N) is 3. The molecule has 0 bridgehead atoms. The van der Waals surface area contributed by atoms with E-state index in [4.69, 9.17) is 9.47 Å². The van der Waals surface area contributed by atoms with Gasteiger partial charge in [-0.15, -0.1) is 0 Å². The SMILES string of the molecule is C=CC(=O)Nc1cccc(Oc2nc(Nc3ccc(C[C@@H]4CCN(CCF)C4)cc3)ncc2OC)c1. The normalized spacial score (nSPS) is 15.3. The minimum Gasteiger partial charge on any atom is -0.490 e. The first-order valence-electron chi connectivity index (χ1n) is 11.8. The monoisotopic (exact) mass is 491 g/mol. The predicted molar refractivity (Wildman–Crippen MR) is 138 cm³/mol.